The van der Waals surface area contributed by atoms with Crippen molar-refractivity contribution in [1.29, 1.82) is 0 Å². The number of aliphatic hydroxyl groups is 1. The number of carbonyl (C=O) groups is 1. The molecule has 8 nitrogen and oxygen atoms in total. The van der Waals surface area contributed by atoms with E-state index in [1.165, 1.54) is 89.9 Å². The third-order valence-corrected chi connectivity index (χ3v) is 9.59. The van der Waals surface area contributed by atoms with Gasteiger partial charge in [-0.1, -0.05) is 146 Å². The standard InChI is InChI=1S/C41H77N2O6P/c1-3-5-7-9-11-13-15-17-19-20-21-22-24-26-28-30-32-34-40(44)39(38-49-50(46,47)48-37-36-42)43-41(45)35-33-31-29-27-25-23-18-16-14-12-10-8-6-4-2/h16,18-20,24,26,32,34,39-40,44H,3-15,17,21-23,25,27-31,33,35-38,42H2,1-2H3,(H,43,45)(H,46,47)/b18-16-,20-19+,26-24+,34-32+. The Bertz CT molecular complexity index is 923. The summed E-state index contributed by atoms with van der Waals surface area (Å²) in [6, 6.07) is -0.887. The molecule has 0 aromatic carbocycles. The lowest BCUT2D eigenvalue weighted by Crippen LogP contribution is -2.45. The minimum Gasteiger partial charge on any atom is -0.387 e. The minimum absolute atomic E-state index is 0.0692. The smallest absolute Gasteiger partial charge is 0.387 e. The van der Waals surface area contributed by atoms with E-state index in [2.05, 4.69) is 55.6 Å². The predicted molar refractivity (Wildman–Crippen MR) is 212 cm³/mol. The van der Waals surface area contributed by atoms with Crippen LogP contribution in [-0.4, -0.2) is 47.8 Å². The van der Waals surface area contributed by atoms with Gasteiger partial charge in [0.15, 0.2) is 0 Å². The molecule has 292 valence electrons. The molecule has 3 unspecified atom stereocenters. The van der Waals surface area contributed by atoms with Crippen LogP contribution < -0.4 is 11.1 Å². The number of rotatable bonds is 37. The van der Waals surface area contributed by atoms with E-state index in [4.69, 9.17) is 14.8 Å². The summed E-state index contributed by atoms with van der Waals surface area (Å²) in [4.78, 5) is 22.6. The number of nitrogens with one attached hydrogen (secondary N) is 1. The van der Waals surface area contributed by atoms with Crippen LogP contribution in [-0.2, 0) is 18.4 Å². The predicted octanol–water partition coefficient (Wildman–Crippen LogP) is 10.9. The maximum absolute atomic E-state index is 12.7. The molecule has 0 saturated carbocycles. The molecule has 50 heavy (non-hydrogen) atoms. The summed E-state index contributed by atoms with van der Waals surface area (Å²) < 4.78 is 22.0. The third kappa shape index (κ3) is 34.9. The average molecular weight is 725 g/mol. The number of carbonyl (C=O) groups excluding carboxylic acids is 1. The SMILES string of the molecule is CCCCCCC/C=C\CCCCCCCC(=O)NC(COP(=O)(O)OCCN)C(O)/C=C/CC/C=C/CC/C=C/CCCCCCCCC. The molecule has 0 radical (unpaired) electrons. The summed E-state index contributed by atoms with van der Waals surface area (Å²) in [5.41, 5.74) is 5.36. The largest absolute Gasteiger partial charge is 0.472 e. The van der Waals surface area contributed by atoms with E-state index < -0.39 is 20.0 Å². The van der Waals surface area contributed by atoms with Crippen molar-refractivity contribution < 1.29 is 28.4 Å². The van der Waals surface area contributed by atoms with Crippen molar-refractivity contribution in [3.05, 3.63) is 48.6 Å². The lowest BCUT2D eigenvalue weighted by molar-refractivity contribution is -0.123. The van der Waals surface area contributed by atoms with Crippen LogP contribution in [0, 0.1) is 0 Å². The van der Waals surface area contributed by atoms with Gasteiger partial charge >= 0.3 is 7.82 Å². The monoisotopic (exact) mass is 725 g/mol. The number of hydrogen-bond donors (Lipinski definition) is 4. The van der Waals surface area contributed by atoms with Gasteiger partial charge in [0.05, 0.1) is 25.4 Å². The summed E-state index contributed by atoms with van der Waals surface area (Å²) in [5, 5.41) is 13.6. The van der Waals surface area contributed by atoms with Gasteiger partial charge in [0.1, 0.15) is 0 Å². The molecule has 9 heteroatoms. The van der Waals surface area contributed by atoms with E-state index in [-0.39, 0.29) is 25.7 Å². The van der Waals surface area contributed by atoms with E-state index in [0.29, 0.717) is 6.42 Å². The van der Waals surface area contributed by atoms with Gasteiger partial charge in [0, 0.05) is 13.0 Å². The Morgan fingerprint density at radius 2 is 1.06 bits per heavy atom. The molecular formula is C41H77N2O6P. The van der Waals surface area contributed by atoms with Crippen molar-refractivity contribution in [3.8, 4) is 0 Å². The molecule has 0 aromatic heterocycles. The van der Waals surface area contributed by atoms with Gasteiger partial charge in [-0.05, 0) is 70.6 Å². The Morgan fingerprint density at radius 1 is 0.640 bits per heavy atom. The fourth-order valence-corrected chi connectivity index (χ4v) is 6.27. The highest BCUT2D eigenvalue weighted by Gasteiger charge is 2.26. The van der Waals surface area contributed by atoms with Gasteiger partial charge in [-0.3, -0.25) is 13.8 Å². The van der Waals surface area contributed by atoms with Crippen LogP contribution in [0.5, 0.6) is 0 Å². The van der Waals surface area contributed by atoms with Crippen LogP contribution in [0.2, 0.25) is 0 Å². The maximum Gasteiger partial charge on any atom is 0.472 e. The van der Waals surface area contributed by atoms with Crippen LogP contribution in [0.25, 0.3) is 0 Å². The summed E-state index contributed by atoms with van der Waals surface area (Å²) in [5.74, 6) is -0.219. The Kier molecular flexibility index (Phi) is 36.1. The van der Waals surface area contributed by atoms with E-state index >= 15 is 0 Å². The number of amides is 1. The van der Waals surface area contributed by atoms with Gasteiger partial charge in [0.25, 0.3) is 0 Å². The first-order valence-corrected chi connectivity index (χ1v) is 21.8. The molecule has 0 heterocycles. The molecule has 3 atom stereocenters. The Balaban J connectivity index is 4.38. The number of unbranched alkanes of at least 4 members (excludes halogenated alkanes) is 19. The molecule has 5 N–H and O–H groups in total. The highest BCUT2D eigenvalue weighted by molar-refractivity contribution is 7.47. The second-order valence-corrected chi connectivity index (χ2v) is 14.9. The van der Waals surface area contributed by atoms with Crippen LogP contribution >= 0.6 is 7.82 Å². The van der Waals surface area contributed by atoms with Gasteiger partial charge < -0.3 is 21.1 Å². The normalized spacial score (nSPS) is 14.7. The van der Waals surface area contributed by atoms with Gasteiger partial charge in [-0.15, -0.1) is 0 Å². The summed E-state index contributed by atoms with van der Waals surface area (Å²) in [7, 11) is -4.35. The molecule has 0 bridgehead atoms. The van der Waals surface area contributed by atoms with Crippen molar-refractivity contribution in [1.82, 2.24) is 5.32 Å². The minimum atomic E-state index is -4.35. The highest BCUT2D eigenvalue weighted by Crippen LogP contribution is 2.43. The zero-order chi connectivity index (χ0) is 36.8. The van der Waals surface area contributed by atoms with Crippen molar-refractivity contribution in [2.24, 2.45) is 5.73 Å². The third-order valence-electron chi connectivity index (χ3n) is 8.60. The molecular weight excluding hydrogens is 647 g/mol. The van der Waals surface area contributed by atoms with E-state index in [1.54, 1.807) is 6.08 Å². The van der Waals surface area contributed by atoms with Crippen molar-refractivity contribution >= 4 is 13.7 Å². The number of allylic oxidation sites excluding steroid dienone is 7. The second-order valence-electron chi connectivity index (χ2n) is 13.5. The molecule has 0 saturated heterocycles. The number of phosphoric ester groups is 1. The fourth-order valence-electron chi connectivity index (χ4n) is 5.51. The molecule has 1 amide bonds. The molecule has 0 aromatic rings. The van der Waals surface area contributed by atoms with Crippen LogP contribution in [0.4, 0.5) is 0 Å². The first-order valence-electron chi connectivity index (χ1n) is 20.3. The Morgan fingerprint density at radius 3 is 1.54 bits per heavy atom. The van der Waals surface area contributed by atoms with E-state index in [9.17, 15) is 19.4 Å². The van der Waals surface area contributed by atoms with E-state index in [0.717, 1.165) is 64.2 Å². The number of nitrogens with two attached hydrogens (primary N) is 1. The van der Waals surface area contributed by atoms with Crippen LogP contribution in [0.15, 0.2) is 48.6 Å². The molecule has 0 fully saturated rings. The van der Waals surface area contributed by atoms with E-state index in [1.807, 2.05) is 6.08 Å². The second kappa shape index (κ2) is 37.2. The number of aliphatic hydroxyl groups excluding tert-OH is 1. The summed E-state index contributed by atoms with van der Waals surface area (Å²) >= 11 is 0. The maximum atomic E-state index is 12.7. The van der Waals surface area contributed by atoms with Crippen LogP contribution in [0.3, 0.4) is 0 Å². The van der Waals surface area contributed by atoms with Crippen molar-refractivity contribution in [2.45, 2.75) is 187 Å². The Hall–Kier alpha value is -1.54. The molecule has 0 spiro atoms. The zero-order valence-electron chi connectivity index (χ0n) is 32.1. The first kappa shape index (κ1) is 48.5. The van der Waals surface area contributed by atoms with Gasteiger partial charge in [0.2, 0.25) is 5.91 Å². The average Bonchev–Trinajstić information content (AvgIpc) is 3.10. The van der Waals surface area contributed by atoms with Gasteiger partial charge in [-0.2, -0.15) is 0 Å². The molecule has 0 aliphatic heterocycles. The molecule has 0 aliphatic carbocycles. The summed E-state index contributed by atoms with van der Waals surface area (Å²) in [6.07, 6.45) is 44.4. The first-order chi connectivity index (χ1) is 24.4. The summed E-state index contributed by atoms with van der Waals surface area (Å²) in [6.45, 7) is 4.07. The molecule has 0 aliphatic rings. The van der Waals surface area contributed by atoms with Gasteiger partial charge in [-0.25, -0.2) is 4.57 Å². The zero-order valence-corrected chi connectivity index (χ0v) is 33.0. The van der Waals surface area contributed by atoms with Crippen LogP contribution in [0.1, 0.15) is 174 Å². The fraction of sp³-hybridized carbons (Fsp3) is 0.780. The lowest BCUT2D eigenvalue weighted by Gasteiger charge is -2.23. The molecule has 0 rings (SSSR count). The number of hydrogen-bond acceptors (Lipinski definition) is 6. The quantitative estimate of drug-likeness (QED) is 0.0285. The number of phosphoric acid groups is 1. The van der Waals surface area contributed by atoms with Crippen molar-refractivity contribution in [3.63, 3.8) is 0 Å². The lowest BCUT2D eigenvalue weighted by atomic mass is 10.1. The highest BCUT2D eigenvalue weighted by atomic mass is 31.2. The van der Waals surface area contributed by atoms with Crippen molar-refractivity contribution in [2.75, 3.05) is 19.8 Å². The Labute approximate surface area is 307 Å². The topological polar surface area (TPSA) is 131 Å².